The molecule has 1 N–H and O–H groups in total. The van der Waals surface area contributed by atoms with Crippen molar-refractivity contribution in [1.29, 1.82) is 0 Å². The fourth-order valence-corrected chi connectivity index (χ4v) is 2.05. The Morgan fingerprint density at radius 2 is 1.81 bits per heavy atom. The second-order valence-electron chi connectivity index (χ2n) is 6.95. The second kappa shape index (κ2) is 7.02. The quantitative estimate of drug-likeness (QED) is 0.830. The van der Waals surface area contributed by atoms with Crippen LogP contribution in [0.3, 0.4) is 0 Å². The first-order chi connectivity index (χ1) is 9.59. The molecule has 0 radical (unpaired) electrons. The number of carbonyl (C=O) groups excluding carboxylic acids is 1. The third-order valence-electron chi connectivity index (χ3n) is 2.99. The summed E-state index contributed by atoms with van der Waals surface area (Å²) in [5.41, 5.74) is -0.578. The number of carbonyl (C=O) groups is 1. The molecule has 1 amide bonds. The van der Waals surface area contributed by atoms with E-state index in [1.54, 1.807) is 20.0 Å². The fourth-order valence-electron chi connectivity index (χ4n) is 2.05. The Bertz CT molecular complexity index is 450. The summed E-state index contributed by atoms with van der Waals surface area (Å²) in [6, 6.07) is 0. The molecule has 6 nitrogen and oxygen atoms in total. The maximum Gasteiger partial charge on any atom is 0.244 e. The van der Waals surface area contributed by atoms with Gasteiger partial charge in [0, 0.05) is 13.1 Å². The number of aromatic nitrogens is 3. The van der Waals surface area contributed by atoms with Crippen LogP contribution in [0.15, 0.2) is 6.20 Å². The molecule has 0 aliphatic carbocycles. The van der Waals surface area contributed by atoms with Gasteiger partial charge in [0.15, 0.2) is 0 Å². The van der Waals surface area contributed by atoms with Crippen molar-refractivity contribution in [3.63, 3.8) is 0 Å². The number of hydrogen-bond acceptors (Lipinski definition) is 4. The van der Waals surface area contributed by atoms with Crippen LogP contribution in [0.25, 0.3) is 0 Å². The minimum absolute atomic E-state index is 0.0320. The molecule has 1 aromatic rings. The van der Waals surface area contributed by atoms with E-state index in [9.17, 15) is 9.90 Å². The maximum absolute atomic E-state index is 12.4. The molecule has 1 heterocycles. The Kier molecular flexibility index (Phi) is 5.89. The molecule has 21 heavy (non-hydrogen) atoms. The average molecular weight is 296 g/mol. The summed E-state index contributed by atoms with van der Waals surface area (Å²) < 4.78 is 1.49. The Morgan fingerprint density at radius 3 is 2.19 bits per heavy atom. The predicted molar refractivity (Wildman–Crippen MR) is 81.5 cm³/mol. The lowest BCUT2D eigenvalue weighted by Gasteiger charge is -2.26. The summed E-state index contributed by atoms with van der Waals surface area (Å²) in [6.07, 6.45) is 1.63. The zero-order valence-electron chi connectivity index (χ0n) is 14.0. The first kappa shape index (κ1) is 17.6. The van der Waals surface area contributed by atoms with Crippen molar-refractivity contribution in [2.75, 3.05) is 13.1 Å². The molecule has 0 fully saturated rings. The number of aliphatic hydroxyl groups is 1. The molecule has 0 saturated carbocycles. The van der Waals surface area contributed by atoms with Crippen LogP contribution in [-0.4, -0.2) is 44.0 Å². The standard InChI is InChI=1S/C15H28N4O2/c1-11(2)7-18(8-12(3)4)14(20)10-19-9-13(16-17-19)15(5,6)21/h9,11-12,21H,7-8,10H2,1-6H3. The molecule has 0 aliphatic heterocycles. The van der Waals surface area contributed by atoms with Gasteiger partial charge in [0.2, 0.25) is 5.91 Å². The summed E-state index contributed by atoms with van der Waals surface area (Å²) in [4.78, 5) is 14.3. The number of hydrogen-bond donors (Lipinski definition) is 1. The van der Waals surface area contributed by atoms with Crippen molar-refractivity contribution < 1.29 is 9.90 Å². The van der Waals surface area contributed by atoms with Gasteiger partial charge in [-0.3, -0.25) is 4.79 Å². The summed E-state index contributed by atoms with van der Waals surface area (Å²) >= 11 is 0. The van der Waals surface area contributed by atoms with Crippen molar-refractivity contribution in [2.45, 2.75) is 53.7 Å². The highest BCUT2D eigenvalue weighted by atomic mass is 16.3. The first-order valence-electron chi connectivity index (χ1n) is 7.50. The van der Waals surface area contributed by atoms with E-state index in [-0.39, 0.29) is 12.5 Å². The summed E-state index contributed by atoms with van der Waals surface area (Å²) in [5, 5.41) is 17.7. The van der Waals surface area contributed by atoms with Crippen molar-refractivity contribution in [2.24, 2.45) is 11.8 Å². The molecule has 0 bridgehead atoms. The van der Waals surface area contributed by atoms with E-state index in [2.05, 4.69) is 38.0 Å². The van der Waals surface area contributed by atoms with Crippen molar-refractivity contribution in [3.8, 4) is 0 Å². The van der Waals surface area contributed by atoms with E-state index in [1.807, 2.05) is 4.90 Å². The van der Waals surface area contributed by atoms with Gasteiger partial charge in [-0.05, 0) is 25.7 Å². The van der Waals surface area contributed by atoms with Crippen LogP contribution < -0.4 is 0 Å². The van der Waals surface area contributed by atoms with E-state index < -0.39 is 5.60 Å². The van der Waals surface area contributed by atoms with Crippen LogP contribution in [-0.2, 0) is 16.9 Å². The molecule has 6 heteroatoms. The topological polar surface area (TPSA) is 71.2 Å². The van der Waals surface area contributed by atoms with Crippen LogP contribution in [0.5, 0.6) is 0 Å². The van der Waals surface area contributed by atoms with Gasteiger partial charge in [0.25, 0.3) is 0 Å². The van der Waals surface area contributed by atoms with Gasteiger partial charge in [-0.15, -0.1) is 5.10 Å². The summed E-state index contributed by atoms with van der Waals surface area (Å²) in [5.74, 6) is 0.885. The molecule has 120 valence electrons. The summed E-state index contributed by atoms with van der Waals surface area (Å²) in [6.45, 7) is 13.3. The molecule has 1 aromatic heterocycles. The number of rotatable bonds is 7. The zero-order valence-corrected chi connectivity index (χ0v) is 14.0. The monoisotopic (exact) mass is 296 g/mol. The van der Waals surface area contributed by atoms with Crippen molar-refractivity contribution in [1.82, 2.24) is 19.9 Å². The predicted octanol–water partition coefficient (Wildman–Crippen LogP) is 1.65. The van der Waals surface area contributed by atoms with Gasteiger partial charge in [-0.2, -0.15) is 0 Å². The Balaban J connectivity index is 2.74. The summed E-state index contributed by atoms with van der Waals surface area (Å²) in [7, 11) is 0. The smallest absolute Gasteiger partial charge is 0.244 e. The first-order valence-corrected chi connectivity index (χ1v) is 7.50. The molecule has 0 atom stereocenters. The molecule has 0 saturated heterocycles. The van der Waals surface area contributed by atoms with E-state index in [0.717, 1.165) is 13.1 Å². The van der Waals surface area contributed by atoms with Crippen LogP contribution in [0.2, 0.25) is 0 Å². The zero-order chi connectivity index (χ0) is 16.2. The van der Waals surface area contributed by atoms with Crippen molar-refractivity contribution >= 4 is 5.91 Å². The molecule has 1 rings (SSSR count). The lowest BCUT2D eigenvalue weighted by molar-refractivity contribution is -0.133. The van der Waals surface area contributed by atoms with Gasteiger partial charge < -0.3 is 10.0 Å². The Hall–Kier alpha value is -1.43. The molecule has 0 aliphatic rings. The van der Waals surface area contributed by atoms with Gasteiger partial charge in [-0.25, -0.2) is 4.68 Å². The molecule has 0 spiro atoms. The van der Waals surface area contributed by atoms with Crippen LogP contribution in [0.1, 0.15) is 47.2 Å². The molecule has 0 aromatic carbocycles. The Labute approximate surface area is 127 Å². The van der Waals surface area contributed by atoms with E-state index in [4.69, 9.17) is 0 Å². The van der Waals surface area contributed by atoms with Crippen LogP contribution in [0, 0.1) is 11.8 Å². The van der Waals surface area contributed by atoms with Gasteiger partial charge in [0.1, 0.15) is 17.8 Å². The van der Waals surface area contributed by atoms with Gasteiger partial charge in [-0.1, -0.05) is 32.9 Å². The van der Waals surface area contributed by atoms with Crippen molar-refractivity contribution in [3.05, 3.63) is 11.9 Å². The van der Waals surface area contributed by atoms with E-state index in [1.165, 1.54) is 4.68 Å². The van der Waals surface area contributed by atoms with E-state index in [0.29, 0.717) is 17.5 Å². The third-order valence-corrected chi connectivity index (χ3v) is 2.99. The fraction of sp³-hybridized carbons (Fsp3) is 0.800. The molecule has 0 unspecified atom stereocenters. The lowest BCUT2D eigenvalue weighted by Crippen LogP contribution is -2.39. The molecular formula is C15H28N4O2. The van der Waals surface area contributed by atoms with Crippen LogP contribution in [0.4, 0.5) is 0 Å². The maximum atomic E-state index is 12.4. The number of nitrogens with zero attached hydrogens (tertiary/aromatic N) is 4. The van der Waals surface area contributed by atoms with Gasteiger partial charge in [0.05, 0.1) is 6.20 Å². The third kappa shape index (κ3) is 5.83. The second-order valence-corrected chi connectivity index (χ2v) is 6.95. The molecular weight excluding hydrogens is 268 g/mol. The highest BCUT2D eigenvalue weighted by Gasteiger charge is 2.22. The highest BCUT2D eigenvalue weighted by molar-refractivity contribution is 5.75. The SMILES string of the molecule is CC(C)CN(CC(C)C)C(=O)Cn1cc(C(C)(C)O)nn1. The lowest BCUT2D eigenvalue weighted by atomic mass is 10.1. The largest absolute Gasteiger partial charge is 0.384 e. The minimum Gasteiger partial charge on any atom is -0.384 e. The van der Waals surface area contributed by atoms with Gasteiger partial charge >= 0.3 is 0 Å². The normalized spacial score (nSPS) is 12.2. The van der Waals surface area contributed by atoms with E-state index >= 15 is 0 Å². The minimum atomic E-state index is -1.04. The number of amides is 1. The van der Waals surface area contributed by atoms with Crippen LogP contribution >= 0.6 is 0 Å². The highest BCUT2D eigenvalue weighted by Crippen LogP contribution is 2.15. The average Bonchev–Trinajstić information content (AvgIpc) is 2.74. The Morgan fingerprint density at radius 1 is 1.29 bits per heavy atom.